The number of hydrogen-bond donors (Lipinski definition) is 0. The highest BCUT2D eigenvalue weighted by Crippen LogP contribution is 2.38. The number of methoxy groups -OCH3 is 1. The molecule has 0 radical (unpaired) electrons. The summed E-state index contributed by atoms with van der Waals surface area (Å²) < 4.78 is 11.5. The third kappa shape index (κ3) is 3.16. The molecule has 1 heterocycles. The maximum Gasteiger partial charge on any atom is 0.342 e. The zero-order valence-corrected chi connectivity index (χ0v) is 16.5. The number of halogens is 1. The second-order valence-corrected chi connectivity index (χ2v) is 7.06. The minimum absolute atomic E-state index is 0.270. The largest absolute Gasteiger partial charge is 0.497 e. The quantitative estimate of drug-likeness (QED) is 0.542. The normalized spacial score (nSPS) is 15.6. The van der Waals surface area contributed by atoms with Crippen molar-refractivity contribution in [3.05, 3.63) is 94.0 Å². The van der Waals surface area contributed by atoms with E-state index in [2.05, 4.69) is 15.9 Å². The van der Waals surface area contributed by atoms with Crippen molar-refractivity contribution in [2.75, 3.05) is 12.0 Å². The summed E-state index contributed by atoms with van der Waals surface area (Å²) in [6.07, 6.45) is -0.882. The summed E-state index contributed by atoms with van der Waals surface area (Å²) in [6.45, 7) is 0. The number of esters is 1. The predicted octanol–water partition coefficient (Wildman–Crippen LogP) is 4.97. The molecule has 140 valence electrons. The smallest absolute Gasteiger partial charge is 0.342 e. The molecule has 1 atom stereocenters. The van der Waals surface area contributed by atoms with E-state index in [1.807, 2.05) is 6.07 Å². The van der Waals surface area contributed by atoms with E-state index in [0.29, 0.717) is 32.6 Å². The Bertz CT molecular complexity index is 1050. The van der Waals surface area contributed by atoms with Crippen molar-refractivity contribution >= 4 is 33.5 Å². The molecule has 5 nitrogen and oxygen atoms in total. The highest BCUT2D eigenvalue weighted by Gasteiger charge is 2.38. The van der Waals surface area contributed by atoms with Crippen LogP contribution >= 0.6 is 15.9 Å². The van der Waals surface area contributed by atoms with Gasteiger partial charge in [0.15, 0.2) is 0 Å². The maximum atomic E-state index is 13.5. The molecule has 0 unspecified atom stereocenters. The molecule has 0 fully saturated rings. The van der Waals surface area contributed by atoms with Gasteiger partial charge in [-0.1, -0.05) is 24.3 Å². The van der Waals surface area contributed by atoms with Gasteiger partial charge in [-0.15, -0.1) is 0 Å². The molecule has 0 aromatic heterocycles. The highest BCUT2D eigenvalue weighted by molar-refractivity contribution is 9.10. The zero-order valence-electron chi connectivity index (χ0n) is 15.0. The van der Waals surface area contributed by atoms with Gasteiger partial charge in [0.25, 0.3) is 5.91 Å². The molecular formula is C22H16BrNO4. The molecule has 0 saturated carbocycles. The molecule has 1 amide bonds. The molecular weight excluding hydrogens is 422 g/mol. The van der Waals surface area contributed by atoms with Crippen LogP contribution in [0.25, 0.3) is 0 Å². The Morgan fingerprint density at radius 2 is 1.68 bits per heavy atom. The number of ether oxygens (including phenoxy) is 2. The molecule has 6 heteroatoms. The van der Waals surface area contributed by atoms with E-state index >= 15 is 0 Å². The van der Waals surface area contributed by atoms with Crippen molar-refractivity contribution in [3.63, 3.8) is 0 Å². The number of amides is 1. The average Bonchev–Trinajstić information content (AvgIpc) is 2.74. The van der Waals surface area contributed by atoms with Crippen LogP contribution in [-0.2, 0) is 4.74 Å². The fraction of sp³-hybridized carbons (Fsp3) is 0.0909. The van der Waals surface area contributed by atoms with E-state index in [1.165, 1.54) is 4.90 Å². The van der Waals surface area contributed by atoms with Crippen LogP contribution in [0.3, 0.4) is 0 Å². The molecule has 0 saturated heterocycles. The highest BCUT2D eigenvalue weighted by atomic mass is 79.9. The molecule has 3 aromatic carbocycles. The van der Waals surface area contributed by atoms with Gasteiger partial charge in [0.05, 0.1) is 23.9 Å². The first-order chi connectivity index (χ1) is 13.6. The van der Waals surface area contributed by atoms with Crippen LogP contribution in [0, 0.1) is 0 Å². The zero-order chi connectivity index (χ0) is 19.7. The van der Waals surface area contributed by atoms with Crippen molar-refractivity contribution < 1.29 is 19.1 Å². The molecule has 1 aliphatic rings. The van der Waals surface area contributed by atoms with Gasteiger partial charge < -0.3 is 9.47 Å². The average molecular weight is 438 g/mol. The molecule has 0 aliphatic carbocycles. The molecule has 0 N–H and O–H groups in total. The van der Waals surface area contributed by atoms with Gasteiger partial charge in [0.2, 0.25) is 6.23 Å². The number of carbonyl (C=O) groups is 2. The fourth-order valence-electron chi connectivity index (χ4n) is 3.17. The minimum Gasteiger partial charge on any atom is -0.497 e. The van der Waals surface area contributed by atoms with Crippen molar-refractivity contribution in [1.29, 1.82) is 0 Å². The van der Waals surface area contributed by atoms with Crippen LogP contribution < -0.4 is 9.64 Å². The second kappa shape index (κ2) is 7.48. The number of nitrogens with zero attached hydrogens (tertiary/aromatic N) is 1. The summed E-state index contributed by atoms with van der Waals surface area (Å²) in [5, 5.41) is 0. The Hall–Kier alpha value is -3.12. The number of benzene rings is 3. The number of fused-ring (bicyclic) bond motifs is 1. The number of anilines is 1. The van der Waals surface area contributed by atoms with Gasteiger partial charge >= 0.3 is 5.97 Å². The summed E-state index contributed by atoms with van der Waals surface area (Å²) >= 11 is 3.44. The topological polar surface area (TPSA) is 55.8 Å². The summed E-state index contributed by atoms with van der Waals surface area (Å²) in [6, 6.07) is 21.2. The first-order valence-electron chi connectivity index (χ1n) is 8.62. The predicted molar refractivity (Wildman–Crippen MR) is 109 cm³/mol. The number of hydrogen-bond acceptors (Lipinski definition) is 4. The number of carbonyl (C=O) groups excluding carboxylic acids is 2. The van der Waals surface area contributed by atoms with Crippen LogP contribution in [0.1, 0.15) is 32.5 Å². The SMILES string of the molecule is COc1ccc([C@H]2OC(=O)c3ccccc3N2C(=O)c2ccccc2Br)cc1. The lowest BCUT2D eigenvalue weighted by molar-refractivity contribution is 0.0249. The van der Waals surface area contributed by atoms with Crippen molar-refractivity contribution in [2.24, 2.45) is 0 Å². The lowest BCUT2D eigenvalue weighted by Crippen LogP contribution is -2.41. The first-order valence-corrected chi connectivity index (χ1v) is 9.41. The molecule has 28 heavy (non-hydrogen) atoms. The van der Waals surface area contributed by atoms with E-state index in [-0.39, 0.29) is 5.91 Å². The Morgan fingerprint density at radius 1 is 1.00 bits per heavy atom. The van der Waals surface area contributed by atoms with Gasteiger partial charge in [0.1, 0.15) is 5.75 Å². The number of para-hydroxylation sites is 1. The van der Waals surface area contributed by atoms with E-state index in [0.717, 1.165) is 0 Å². The monoisotopic (exact) mass is 437 g/mol. The van der Waals surface area contributed by atoms with E-state index in [1.54, 1.807) is 73.8 Å². The Balaban J connectivity index is 1.85. The van der Waals surface area contributed by atoms with Crippen LogP contribution in [0.15, 0.2) is 77.3 Å². The van der Waals surface area contributed by atoms with Gasteiger partial charge in [0, 0.05) is 10.0 Å². The van der Waals surface area contributed by atoms with Gasteiger partial charge in [-0.3, -0.25) is 9.69 Å². The molecule has 3 aromatic rings. The summed E-state index contributed by atoms with van der Waals surface area (Å²) in [4.78, 5) is 27.6. The van der Waals surface area contributed by atoms with Crippen molar-refractivity contribution in [2.45, 2.75) is 6.23 Å². The maximum absolute atomic E-state index is 13.5. The van der Waals surface area contributed by atoms with Gasteiger partial charge in [-0.25, -0.2) is 4.79 Å². The van der Waals surface area contributed by atoms with E-state index < -0.39 is 12.2 Å². The second-order valence-electron chi connectivity index (χ2n) is 6.20. The summed E-state index contributed by atoms with van der Waals surface area (Å²) in [5.74, 6) is -0.0594. The van der Waals surface area contributed by atoms with Crippen LogP contribution in [0.5, 0.6) is 5.75 Å². The van der Waals surface area contributed by atoms with Crippen molar-refractivity contribution in [3.8, 4) is 5.75 Å². The lowest BCUT2D eigenvalue weighted by Gasteiger charge is -2.36. The van der Waals surface area contributed by atoms with Crippen LogP contribution in [0.4, 0.5) is 5.69 Å². The third-order valence-electron chi connectivity index (χ3n) is 4.56. The summed E-state index contributed by atoms with van der Waals surface area (Å²) in [7, 11) is 1.58. The molecule has 0 spiro atoms. The Kier molecular flexibility index (Phi) is 4.88. The number of cyclic esters (lactones) is 1. The molecule has 4 rings (SSSR count). The lowest BCUT2D eigenvalue weighted by atomic mass is 10.0. The minimum atomic E-state index is -0.882. The van der Waals surface area contributed by atoms with E-state index in [9.17, 15) is 9.59 Å². The van der Waals surface area contributed by atoms with Crippen molar-refractivity contribution in [1.82, 2.24) is 0 Å². The first kappa shape index (κ1) is 18.3. The summed E-state index contributed by atoms with van der Waals surface area (Å²) in [5.41, 5.74) is 2.02. The standard InChI is InChI=1S/C22H16BrNO4/c1-27-15-12-10-14(11-13-15)21-24(20(25)16-6-2-4-8-18(16)23)19-9-5-3-7-17(19)22(26)28-21/h2-13,21H,1H3/t21-/m1/s1. The van der Waals surface area contributed by atoms with Gasteiger partial charge in [-0.2, -0.15) is 0 Å². The Morgan fingerprint density at radius 3 is 2.39 bits per heavy atom. The third-order valence-corrected chi connectivity index (χ3v) is 5.25. The van der Waals surface area contributed by atoms with Gasteiger partial charge in [-0.05, 0) is 64.5 Å². The van der Waals surface area contributed by atoms with E-state index in [4.69, 9.17) is 9.47 Å². The van der Waals surface area contributed by atoms with Crippen LogP contribution in [0.2, 0.25) is 0 Å². The Labute approximate surface area is 170 Å². The molecule has 0 bridgehead atoms. The van der Waals surface area contributed by atoms with Crippen LogP contribution in [-0.4, -0.2) is 19.0 Å². The fourth-order valence-corrected chi connectivity index (χ4v) is 3.62. The molecule has 1 aliphatic heterocycles. The number of rotatable bonds is 3.